The predicted molar refractivity (Wildman–Crippen MR) is 93.0 cm³/mol. The van der Waals surface area contributed by atoms with Crippen LogP contribution in [0.2, 0.25) is 0 Å². The summed E-state index contributed by atoms with van der Waals surface area (Å²) in [6.45, 7) is 7.85. The lowest BCUT2D eigenvalue weighted by atomic mass is 10.1. The van der Waals surface area contributed by atoms with Gasteiger partial charge in [0.15, 0.2) is 0 Å². The highest BCUT2D eigenvalue weighted by Gasteiger charge is 2.23. The standard InChI is InChI=1S/C18H25N3O4/c1-4-21(5-2)15(16-7-6-9-25-16)11-19-17(22)13(3)20-18(23)14-8-10-24-12-14/h6-10,12-13,15H,4-5,11H2,1-3H3,(H,19,22)(H,20,23)/t13-,15-/m1/s1. The van der Waals surface area contributed by atoms with Gasteiger partial charge in [-0.3, -0.25) is 14.5 Å². The molecule has 0 fully saturated rings. The Morgan fingerprint density at radius 1 is 1.20 bits per heavy atom. The van der Waals surface area contributed by atoms with Gasteiger partial charge in [0.25, 0.3) is 5.91 Å². The third kappa shape index (κ3) is 4.96. The first-order valence-corrected chi connectivity index (χ1v) is 8.45. The normalized spacial score (nSPS) is 13.4. The molecule has 0 saturated carbocycles. The van der Waals surface area contributed by atoms with Gasteiger partial charge in [-0.15, -0.1) is 0 Å². The van der Waals surface area contributed by atoms with Gasteiger partial charge in [0.2, 0.25) is 5.91 Å². The van der Waals surface area contributed by atoms with Gasteiger partial charge in [-0.2, -0.15) is 0 Å². The third-order valence-corrected chi connectivity index (χ3v) is 4.12. The largest absolute Gasteiger partial charge is 0.472 e. The van der Waals surface area contributed by atoms with Crippen molar-refractivity contribution in [2.24, 2.45) is 0 Å². The maximum atomic E-state index is 12.3. The molecule has 2 rings (SSSR count). The minimum Gasteiger partial charge on any atom is -0.472 e. The van der Waals surface area contributed by atoms with Crippen molar-refractivity contribution in [2.75, 3.05) is 19.6 Å². The summed E-state index contributed by atoms with van der Waals surface area (Å²) in [5, 5.41) is 5.54. The van der Waals surface area contributed by atoms with E-state index in [1.807, 2.05) is 12.1 Å². The van der Waals surface area contributed by atoms with Gasteiger partial charge < -0.3 is 19.5 Å². The summed E-state index contributed by atoms with van der Waals surface area (Å²) in [5.74, 6) is 0.211. The third-order valence-electron chi connectivity index (χ3n) is 4.12. The molecule has 7 heteroatoms. The summed E-state index contributed by atoms with van der Waals surface area (Å²) < 4.78 is 10.4. The lowest BCUT2D eigenvalue weighted by Crippen LogP contribution is -2.47. The number of furan rings is 2. The Labute approximate surface area is 147 Å². The topological polar surface area (TPSA) is 87.7 Å². The number of likely N-dealkylation sites (N-methyl/N-ethyl adjacent to an activating group) is 1. The van der Waals surface area contributed by atoms with Crippen molar-refractivity contribution in [1.29, 1.82) is 0 Å². The molecule has 136 valence electrons. The quantitative estimate of drug-likeness (QED) is 0.726. The van der Waals surface area contributed by atoms with Gasteiger partial charge in [-0.05, 0) is 38.2 Å². The van der Waals surface area contributed by atoms with Crippen LogP contribution < -0.4 is 10.6 Å². The van der Waals surface area contributed by atoms with E-state index in [1.165, 1.54) is 12.5 Å². The van der Waals surface area contributed by atoms with E-state index in [0.717, 1.165) is 18.8 Å². The second-order valence-electron chi connectivity index (χ2n) is 5.70. The Morgan fingerprint density at radius 3 is 2.52 bits per heavy atom. The number of hydrogen-bond donors (Lipinski definition) is 2. The second-order valence-corrected chi connectivity index (χ2v) is 5.70. The van der Waals surface area contributed by atoms with Crippen LogP contribution in [0.5, 0.6) is 0 Å². The predicted octanol–water partition coefficient (Wildman–Crippen LogP) is 2.19. The number of carbonyl (C=O) groups is 2. The van der Waals surface area contributed by atoms with E-state index in [-0.39, 0.29) is 17.9 Å². The maximum absolute atomic E-state index is 12.3. The van der Waals surface area contributed by atoms with Crippen LogP contribution in [0.1, 0.15) is 42.9 Å². The van der Waals surface area contributed by atoms with Crippen LogP contribution in [0.15, 0.2) is 45.8 Å². The summed E-state index contributed by atoms with van der Waals surface area (Å²) in [6.07, 6.45) is 4.38. The summed E-state index contributed by atoms with van der Waals surface area (Å²) in [4.78, 5) is 26.5. The molecule has 0 bridgehead atoms. The van der Waals surface area contributed by atoms with Gasteiger partial charge in [0.1, 0.15) is 18.1 Å². The zero-order valence-electron chi connectivity index (χ0n) is 14.8. The molecule has 2 atom stereocenters. The molecular formula is C18H25N3O4. The second kappa shape index (κ2) is 9.08. The first-order valence-electron chi connectivity index (χ1n) is 8.45. The van der Waals surface area contributed by atoms with Crippen molar-refractivity contribution in [3.8, 4) is 0 Å². The molecular weight excluding hydrogens is 322 g/mol. The summed E-state index contributed by atoms with van der Waals surface area (Å²) in [6, 6.07) is 4.58. The van der Waals surface area contributed by atoms with E-state index in [0.29, 0.717) is 12.1 Å². The summed E-state index contributed by atoms with van der Waals surface area (Å²) >= 11 is 0. The highest BCUT2D eigenvalue weighted by Crippen LogP contribution is 2.20. The van der Waals surface area contributed by atoms with Gasteiger partial charge in [0, 0.05) is 6.54 Å². The van der Waals surface area contributed by atoms with Crippen LogP contribution in [-0.4, -0.2) is 42.4 Å². The first-order chi connectivity index (χ1) is 12.1. The average Bonchev–Trinajstić information content (AvgIpc) is 3.31. The lowest BCUT2D eigenvalue weighted by molar-refractivity contribution is -0.122. The molecule has 2 N–H and O–H groups in total. The fraction of sp³-hybridized carbons (Fsp3) is 0.444. The highest BCUT2D eigenvalue weighted by atomic mass is 16.3. The van der Waals surface area contributed by atoms with E-state index >= 15 is 0 Å². The minimum atomic E-state index is -0.656. The molecule has 2 aromatic heterocycles. The summed E-state index contributed by atoms with van der Waals surface area (Å²) in [5.41, 5.74) is 0.385. The highest BCUT2D eigenvalue weighted by molar-refractivity contribution is 5.97. The lowest BCUT2D eigenvalue weighted by Gasteiger charge is -2.28. The van der Waals surface area contributed by atoms with Crippen LogP contribution in [0, 0.1) is 0 Å². The number of hydrogen-bond acceptors (Lipinski definition) is 5. The maximum Gasteiger partial charge on any atom is 0.255 e. The number of carbonyl (C=O) groups excluding carboxylic acids is 2. The molecule has 0 aromatic carbocycles. The molecule has 2 aromatic rings. The Bertz CT molecular complexity index is 648. The molecule has 0 saturated heterocycles. The van der Waals surface area contributed by atoms with Crippen molar-refractivity contribution < 1.29 is 18.4 Å². The van der Waals surface area contributed by atoms with Gasteiger partial charge >= 0.3 is 0 Å². The number of amides is 2. The summed E-state index contributed by atoms with van der Waals surface area (Å²) in [7, 11) is 0. The van der Waals surface area contributed by atoms with Crippen LogP contribution in [0.25, 0.3) is 0 Å². The van der Waals surface area contributed by atoms with E-state index in [4.69, 9.17) is 8.83 Å². The Morgan fingerprint density at radius 2 is 1.96 bits per heavy atom. The SMILES string of the molecule is CCN(CC)[C@H](CNC(=O)[C@@H](C)NC(=O)c1ccoc1)c1ccco1. The van der Waals surface area contributed by atoms with E-state index in [1.54, 1.807) is 19.3 Å². The Hall–Kier alpha value is -2.54. The van der Waals surface area contributed by atoms with Crippen molar-refractivity contribution in [3.05, 3.63) is 48.3 Å². The molecule has 7 nitrogen and oxygen atoms in total. The molecule has 0 radical (unpaired) electrons. The molecule has 0 aliphatic heterocycles. The van der Waals surface area contributed by atoms with Gasteiger partial charge in [0.05, 0.1) is 24.1 Å². The Balaban J connectivity index is 1.92. The van der Waals surface area contributed by atoms with Crippen molar-refractivity contribution in [3.63, 3.8) is 0 Å². The monoisotopic (exact) mass is 347 g/mol. The first kappa shape index (κ1) is 18.8. The molecule has 2 amide bonds. The van der Waals surface area contributed by atoms with Crippen molar-refractivity contribution >= 4 is 11.8 Å². The number of nitrogens with zero attached hydrogens (tertiary/aromatic N) is 1. The molecule has 0 aliphatic rings. The minimum absolute atomic E-state index is 0.0503. The molecule has 0 aliphatic carbocycles. The van der Waals surface area contributed by atoms with Gasteiger partial charge in [-0.1, -0.05) is 13.8 Å². The van der Waals surface area contributed by atoms with Crippen LogP contribution in [-0.2, 0) is 4.79 Å². The molecule has 25 heavy (non-hydrogen) atoms. The number of nitrogens with one attached hydrogen (secondary N) is 2. The van der Waals surface area contributed by atoms with Crippen LogP contribution in [0.3, 0.4) is 0 Å². The average molecular weight is 347 g/mol. The van der Waals surface area contributed by atoms with Crippen LogP contribution in [0.4, 0.5) is 0 Å². The molecule has 0 unspecified atom stereocenters. The molecule has 2 heterocycles. The zero-order chi connectivity index (χ0) is 18.2. The van der Waals surface area contributed by atoms with E-state index in [2.05, 4.69) is 29.4 Å². The van der Waals surface area contributed by atoms with Crippen LogP contribution >= 0.6 is 0 Å². The van der Waals surface area contributed by atoms with E-state index in [9.17, 15) is 9.59 Å². The fourth-order valence-electron chi connectivity index (χ4n) is 2.64. The molecule has 0 spiro atoms. The van der Waals surface area contributed by atoms with Gasteiger partial charge in [-0.25, -0.2) is 0 Å². The zero-order valence-corrected chi connectivity index (χ0v) is 14.8. The van der Waals surface area contributed by atoms with E-state index < -0.39 is 6.04 Å². The Kier molecular flexibility index (Phi) is 6.82. The number of rotatable bonds is 9. The smallest absolute Gasteiger partial charge is 0.255 e. The fourth-order valence-corrected chi connectivity index (χ4v) is 2.64. The van der Waals surface area contributed by atoms with Crippen molar-refractivity contribution in [1.82, 2.24) is 15.5 Å². The van der Waals surface area contributed by atoms with Crippen molar-refractivity contribution in [2.45, 2.75) is 32.9 Å².